The van der Waals surface area contributed by atoms with Crippen LogP contribution >= 0.6 is 24.0 Å². The fourth-order valence-corrected chi connectivity index (χ4v) is 3.16. The van der Waals surface area contributed by atoms with Crippen LogP contribution in [0.15, 0.2) is 53.5 Å². The Morgan fingerprint density at radius 2 is 1.66 bits per heavy atom. The molecule has 160 valence electrons. The average molecular weight is 512 g/mol. The van der Waals surface area contributed by atoms with Gasteiger partial charge < -0.3 is 24.6 Å². The molecule has 29 heavy (non-hydrogen) atoms. The molecule has 0 radical (unpaired) electrons. The number of ether oxygens (including phenoxy) is 2. The Morgan fingerprint density at radius 1 is 1.00 bits per heavy atom. The van der Waals surface area contributed by atoms with E-state index in [-0.39, 0.29) is 30.0 Å². The molecule has 2 aromatic rings. The molecule has 1 atom stereocenters. The summed E-state index contributed by atoms with van der Waals surface area (Å²) >= 11 is 0. The van der Waals surface area contributed by atoms with Gasteiger partial charge in [-0.3, -0.25) is 4.99 Å². The van der Waals surface area contributed by atoms with Crippen LogP contribution < -0.4 is 14.8 Å². The van der Waals surface area contributed by atoms with Gasteiger partial charge in [-0.05, 0) is 37.9 Å². The molecule has 6 nitrogen and oxygen atoms in total. The Kier molecular flexibility index (Phi) is 10.8. The summed E-state index contributed by atoms with van der Waals surface area (Å²) in [4.78, 5) is 8.74. The summed E-state index contributed by atoms with van der Waals surface area (Å²) in [6.07, 6.45) is 0. The summed E-state index contributed by atoms with van der Waals surface area (Å²) in [6, 6.07) is 16.5. The van der Waals surface area contributed by atoms with Crippen LogP contribution in [0.25, 0.3) is 0 Å². The highest BCUT2D eigenvalue weighted by atomic mass is 127. The van der Waals surface area contributed by atoms with Crippen molar-refractivity contribution in [1.82, 2.24) is 15.1 Å². The molecule has 0 spiro atoms. The molecule has 0 fully saturated rings. The molecule has 0 saturated heterocycles. The first-order valence-corrected chi connectivity index (χ1v) is 9.34. The number of hydrogen-bond acceptors (Lipinski definition) is 4. The number of para-hydroxylation sites is 1. The van der Waals surface area contributed by atoms with E-state index in [9.17, 15) is 0 Å². The van der Waals surface area contributed by atoms with Crippen LogP contribution in [0.4, 0.5) is 0 Å². The molecule has 0 aromatic heterocycles. The molecule has 0 aliphatic rings. The quantitative estimate of drug-likeness (QED) is 0.333. The molecule has 0 bridgehead atoms. The van der Waals surface area contributed by atoms with E-state index in [4.69, 9.17) is 9.47 Å². The minimum absolute atomic E-state index is 0. The fourth-order valence-electron chi connectivity index (χ4n) is 3.16. The highest BCUT2D eigenvalue weighted by Gasteiger charge is 2.16. The van der Waals surface area contributed by atoms with Gasteiger partial charge in [0.2, 0.25) is 0 Å². The van der Waals surface area contributed by atoms with Gasteiger partial charge in [0.25, 0.3) is 0 Å². The van der Waals surface area contributed by atoms with Crippen molar-refractivity contribution in [3.8, 4) is 11.5 Å². The van der Waals surface area contributed by atoms with Crippen LogP contribution in [-0.4, -0.2) is 64.7 Å². The Morgan fingerprint density at radius 3 is 2.21 bits per heavy atom. The Hall–Kier alpha value is -2.00. The number of benzene rings is 2. The van der Waals surface area contributed by atoms with Gasteiger partial charge in [0.15, 0.2) is 5.96 Å². The van der Waals surface area contributed by atoms with Crippen molar-refractivity contribution in [1.29, 1.82) is 0 Å². The molecule has 2 rings (SSSR count). The first kappa shape index (κ1) is 25.0. The minimum atomic E-state index is 0. The van der Waals surface area contributed by atoms with Gasteiger partial charge in [0.05, 0.1) is 20.3 Å². The smallest absolute Gasteiger partial charge is 0.193 e. The predicted octanol–water partition coefficient (Wildman–Crippen LogP) is 3.63. The lowest BCUT2D eigenvalue weighted by Crippen LogP contribution is -2.42. The lowest BCUT2D eigenvalue weighted by Gasteiger charge is -2.28. The third kappa shape index (κ3) is 7.08. The summed E-state index contributed by atoms with van der Waals surface area (Å²) in [5, 5.41) is 3.50. The number of rotatable bonds is 8. The Bertz CT molecular complexity index is 766. The molecule has 7 heteroatoms. The van der Waals surface area contributed by atoms with Crippen molar-refractivity contribution in [3.63, 3.8) is 0 Å². The van der Waals surface area contributed by atoms with E-state index in [1.165, 1.54) is 5.56 Å². The number of methoxy groups -OCH3 is 2. The van der Waals surface area contributed by atoms with E-state index < -0.39 is 0 Å². The number of nitrogens with one attached hydrogen (secondary N) is 1. The maximum atomic E-state index is 5.46. The van der Waals surface area contributed by atoms with Gasteiger partial charge >= 0.3 is 0 Å². The first-order chi connectivity index (χ1) is 13.5. The van der Waals surface area contributed by atoms with Gasteiger partial charge in [0.1, 0.15) is 11.5 Å². The molecule has 0 amide bonds. The highest BCUT2D eigenvalue weighted by molar-refractivity contribution is 14.0. The zero-order chi connectivity index (χ0) is 20.5. The fraction of sp³-hybridized carbons (Fsp3) is 0.409. The molecular weight excluding hydrogens is 479 g/mol. The van der Waals surface area contributed by atoms with Crippen molar-refractivity contribution < 1.29 is 9.47 Å². The Balaban J connectivity index is 0.00000420. The van der Waals surface area contributed by atoms with Crippen LogP contribution in [0.2, 0.25) is 0 Å². The zero-order valence-corrected chi connectivity index (χ0v) is 20.5. The summed E-state index contributed by atoms with van der Waals surface area (Å²) in [5.41, 5.74) is 2.34. The molecule has 0 aliphatic heterocycles. The maximum absolute atomic E-state index is 5.46. The standard InChI is InChI=1S/C22H32N4O2.HI/c1-23-22(26(4)16-18-9-7-8-10-21(18)28-6)24-15-20(25(2)3)17-11-13-19(27-5)14-12-17;/h7-14,20H,15-16H2,1-6H3,(H,23,24);1H. The lowest BCUT2D eigenvalue weighted by atomic mass is 10.1. The van der Waals surface area contributed by atoms with Crippen LogP contribution in [0.1, 0.15) is 17.2 Å². The van der Waals surface area contributed by atoms with Crippen LogP contribution in [0.3, 0.4) is 0 Å². The highest BCUT2D eigenvalue weighted by Crippen LogP contribution is 2.21. The number of halogens is 1. The van der Waals surface area contributed by atoms with E-state index in [0.717, 1.165) is 29.6 Å². The van der Waals surface area contributed by atoms with Crippen molar-refractivity contribution in [2.75, 3.05) is 49.0 Å². The van der Waals surface area contributed by atoms with Gasteiger partial charge in [0, 0.05) is 32.7 Å². The van der Waals surface area contributed by atoms with E-state index in [2.05, 4.69) is 52.4 Å². The van der Waals surface area contributed by atoms with Gasteiger partial charge in [-0.2, -0.15) is 0 Å². The molecule has 1 N–H and O–H groups in total. The second-order valence-electron chi connectivity index (χ2n) is 6.85. The van der Waals surface area contributed by atoms with Crippen molar-refractivity contribution >= 4 is 29.9 Å². The molecule has 0 heterocycles. The third-order valence-corrected chi connectivity index (χ3v) is 4.75. The number of likely N-dealkylation sites (N-methyl/N-ethyl adjacent to an activating group) is 1. The molecule has 0 aliphatic carbocycles. The average Bonchev–Trinajstić information content (AvgIpc) is 2.71. The summed E-state index contributed by atoms with van der Waals surface area (Å²) in [7, 11) is 11.4. The molecule has 1 unspecified atom stereocenters. The van der Waals surface area contributed by atoms with Crippen molar-refractivity contribution in [3.05, 3.63) is 59.7 Å². The van der Waals surface area contributed by atoms with Crippen LogP contribution in [-0.2, 0) is 6.54 Å². The van der Waals surface area contributed by atoms with E-state index in [1.807, 2.05) is 37.4 Å². The first-order valence-electron chi connectivity index (χ1n) is 9.34. The van der Waals surface area contributed by atoms with Crippen molar-refractivity contribution in [2.24, 2.45) is 4.99 Å². The second-order valence-corrected chi connectivity index (χ2v) is 6.85. The normalized spacial score (nSPS) is 12.2. The SMILES string of the molecule is CN=C(NCC(c1ccc(OC)cc1)N(C)C)N(C)Cc1ccccc1OC.I. The topological polar surface area (TPSA) is 49.3 Å². The monoisotopic (exact) mass is 512 g/mol. The van der Waals surface area contributed by atoms with Gasteiger partial charge in [-0.25, -0.2) is 0 Å². The van der Waals surface area contributed by atoms with Crippen LogP contribution in [0, 0.1) is 0 Å². The minimum Gasteiger partial charge on any atom is -0.497 e. The second kappa shape index (κ2) is 12.5. The lowest BCUT2D eigenvalue weighted by molar-refractivity contribution is 0.295. The molecule has 2 aromatic carbocycles. The van der Waals surface area contributed by atoms with E-state index >= 15 is 0 Å². The third-order valence-electron chi connectivity index (χ3n) is 4.75. The number of nitrogens with zero attached hydrogens (tertiary/aromatic N) is 3. The number of hydrogen-bond donors (Lipinski definition) is 1. The van der Waals surface area contributed by atoms with Crippen LogP contribution in [0.5, 0.6) is 11.5 Å². The molecule has 0 saturated carbocycles. The van der Waals surface area contributed by atoms with Gasteiger partial charge in [-0.15, -0.1) is 24.0 Å². The van der Waals surface area contributed by atoms with Gasteiger partial charge in [-0.1, -0.05) is 30.3 Å². The Labute approximate surface area is 191 Å². The number of aliphatic imine (C=N–C) groups is 1. The number of guanidine groups is 1. The van der Waals surface area contributed by atoms with E-state index in [1.54, 1.807) is 21.3 Å². The van der Waals surface area contributed by atoms with E-state index in [0.29, 0.717) is 6.54 Å². The zero-order valence-electron chi connectivity index (χ0n) is 18.2. The largest absolute Gasteiger partial charge is 0.497 e. The maximum Gasteiger partial charge on any atom is 0.193 e. The predicted molar refractivity (Wildman–Crippen MR) is 131 cm³/mol. The summed E-state index contributed by atoms with van der Waals surface area (Å²) < 4.78 is 10.7. The summed E-state index contributed by atoms with van der Waals surface area (Å²) in [5.74, 6) is 2.59. The summed E-state index contributed by atoms with van der Waals surface area (Å²) in [6.45, 7) is 1.45. The van der Waals surface area contributed by atoms with Crippen molar-refractivity contribution in [2.45, 2.75) is 12.6 Å². The molecular formula is C22H33IN4O2.